The number of anilines is 1. The van der Waals surface area contributed by atoms with E-state index in [2.05, 4.69) is 20.0 Å². The number of piperazine rings is 1. The average molecular weight is 248 g/mol. The number of piperidine rings is 1. The lowest BCUT2D eigenvalue weighted by Gasteiger charge is -2.44. The van der Waals surface area contributed by atoms with Crippen molar-refractivity contribution in [2.45, 2.75) is 31.9 Å². The zero-order chi connectivity index (χ0) is 12.4. The highest BCUT2D eigenvalue weighted by molar-refractivity contribution is 5.38. The molecule has 1 aromatic rings. The minimum atomic E-state index is -0.0380. The molecule has 2 aliphatic heterocycles. The second-order valence-electron chi connectivity index (χ2n) is 5.17. The van der Waals surface area contributed by atoms with Crippen LogP contribution in [0.3, 0.4) is 0 Å². The number of aliphatic hydroxyl groups excluding tert-OH is 1. The molecule has 1 atom stereocenters. The topological polar surface area (TPSA) is 52.5 Å². The van der Waals surface area contributed by atoms with E-state index in [1.165, 1.54) is 25.8 Å². The first-order chi connectivity index (χ1) is 8.86. The van der Waals surface area contributed by atoms with Gasteiger partial charge in [-0.25, -0.2) is 0 Å². The Labute approximate surface area is 107 Å². The van der Waals surface area contributed by atoms with Crippen LogP contribution in [-0.2, 0) is 6.61 Å². The van der Waals surface area contributed by atoms with Gasteiger partial charge in [-0.2, -0.15) is 5.10 Å². The summed E-state index contributed by atoms with van der Waals surface area (Å²) in [6, 6.07) is 4.51. The van der Waals surface area contributed by atoms with Crippen molar-refractivity contribution in [3.05, 3.63) is 17.8 Å². The van der Waals surface area contributed by atoms with Crippen molar-refractivity contribution >= 4 is 5.82 Å². The highest BCUT2D eigenvalue weighted by atomic mass is 16.3. The molecule has 0 amide bonds. The Balaban J connectivity index is 1.69. The van der Waals surface area contributed by atoms with Gasteiger partial charge in [0.25, 0.3) is 0 Å². The number of nitrogens with zero attached hydrogens (tertiary/aromatic N) is 4. The van der Waals surface area contributed by atoms with E-state index in [1.54, 1.807) is 0 Å². The molecule has 0 aliphatic carbocycles. The Morgan fingerprint density at radius 1 is 1.17 bits per heavy atom. The first-order valence-corrected chi connectivity index (χ1v) is 6.79. The summed E-state index contributed by atoms with van der Waals surface area (Å²) in [5.74, 6) is 0.942. The van der Waals surface area contributed by atoms with E-state index in [9.17, 15) is 0 Å². The predicted octanol–water partition coefficient (Wildman–Crippen LogP) is 0.643. The molecule has 18 heavy (non-hydrogen) atoms. The summed E-state index contributed by atoms with van der Waals surface area (Å²) in [5, 5.41) is 17.2. The summed E-state index contributed by atoms with van der Waals surface area (Å²) in [6.07, 6.45) is 4.00. The standard InChI is InChI=1S/C13H20N4O/c18-10-11-4-5-13(15-14-11)17-8-7-16-6-2-1-3-12(16)9-17/h4-5,12,18H,1-3,6-10H2. The van der Waals surface area contributed by atoms with E-state index in [-0.39, 0.29) is 6.61 Å². The molecule has 2 saturated heterocycles. The second-order valence-corrected chi connectivity index (χ2v) is 5.17. The van der Waals surface area contributed by atoms with Crippen LogP contribution >= 0.6 is 0 Å². The number of hydrogen-bond acceptors (Lipinski definition) is 5. The third kappa shape index (κ3) is 2.33. The lowest BCUT2D eigenvalue weighted by molar-refractivity contribution is 0.133. The Morgan fingerprint density at radius 3 is 2.89 bits per heavy atom. The molecule has 1 unspecified atom stereocenters. The van der Waals surface area contributed by atoms with Crippen LogP contribution < -0.4 is 4.90 Å². The molecule has 3 rings (SSSR count). The number of hydrogen-bond donors (Lipinski definition) is 1. The van der Waals surface area contributed by atoms with Crippen LogP contribution in [0.25, 0.3) is 0 Å². The Bertz CT molecular complexity index is 394. The van der Waals surface area contributed by atoms with E-state index < -0.39 is 0 Å². The molecule has 5 nitrogen and oxygen atoms in total. The van der Waals surface area contributed by atoms with Crippen molar-refractivity contribution in [3.63, 3.8) is 0 Å². The lowest BCUT2D eigenvalue weighted by atomic mass is 9.99. The van der Waals surface area contributed by atoms with Crippen LogP contribution in [0.2, 0.25) is 0 Å². The zero-order valence-electron chi connectivity index (χ0n) is 10.6. The molecule has 2 aliphatic rings. The maximum atomic E-state index is 8.97. The van der Waals surface area contributed by atoms with E-state index in [1.807, 2.05) is 12.1 Å². The van der Waals surface area contributed by atoms with E-state index in [0.29, 0.717) is 11.7 Å². The van der Waals surface area contributed by atoms with Crippen molar-refractivity contribution in [2.75, 3.05) is 31.1 Å². The molecule has 0 saturated carbocycles. The highest BCUT2D eigenvalue weighted by Gasteiger charge is 2.29. The zero-order valence-corrected chi connectivity index (χ0v) is 10.6. The largest absolute Gasteiger partial charge is 0.390 e. The van der Waals surface area contributed by atoms with E-state index in [4.69, 9.17) is 5.11 Å². The summed E-state index contributed by atoms with van der Waals surface area (Å²) in [4.78, 5) is 4.93. The number of fused-ring (bicyclic) bond motifs is 1. The van der Waals surface area contributed by atoms with Gasteiger partial charge >= 0.3 is 0 Å². The van der Waals surface area contributed by atoms with Crippen LogP contribution in [-0.4, -0.2) is 52.4 Å². The fourth-order valence-electron chi connectivity index (χ4n) is 2.97. The van der Waals surface area contributed by atoms with Crippen molar-refractivity contribution in [1.82, 2.24) is 15.1 Å². The van der Waals surface area contributed by atoms with Gasteiger partial charge in [-0.05, 0) is 31.5 Å². The highest BCUT2D eigenvalue weighted by Crippen LogP contribution is 2.23. The number of rotatable bonds is 2. The molecule has 1 aromatic heterocycles. The molecule has 2 fully saturated rings. The van der Waals surface area contributed by atoms with Gasteiger partial charge in [0.05, 0.1) is 12.3 Å². The molecular formula is C13H20N4O. The molecule has 0 spiro atoms. The van der Waals surface area contributed by atoms with Gasteiger partial charge < -0.3 is 10.0 Å². The van der Waals surface area contributed by atoms with Crippen molar-refractivity contribution in [1.29, 1.82) is 0 Å². The second kappa shape index (κ2) is 5.20. The Kier molecular flexibility index (Phi) is 3.43. The van der Waals surface area contributed by atoms with Crippen LogP contribution in [0.4, 0.5) is 5.82 Å². The SMILES string of the molecule is OCc1ccc(N2CCN3CCCCC3C2)nn1. The molecule has 98 valence electrons. The first kappa shape index (κ1) is 11.9. The molecule has 0 bridgehead atoms. The number of aromatic nitrogens is 2. The number of aliphatic hydroxyl groups is 1. The van der Waals surface area contributed by atoms with Gasteiger partial charge in [0.2, 0.25) is 0 Å². The lowest BCUT2D eigenvalue weighted by Crippen LogP contribution is -2.55. The van der Waals surface area contributed by atoms with Gasteiger partial charge in [0.1, 0.15) is 0 Å². The summed E-state index contributed by atoms with van der Waals surface area (Å²) in [6.45, 7) is 4.45. The third-order valence-electron chi connectivity index (χ3n) is 4.03. The normalized spacial score (nSPS) is 24.9. The fraction of sp³-hybridized carbons (Fsp3) is 0.692. The van der Waals surface area contributed by atoms with E-state index >= 15 is 0 Å². The van der Waals surface area contributed by atoms with Gasteiger partial charge in [0.15, 0.2) is 5.82 Å². The van der Waals surface area contributed by atoms with Crippen LogP contribution in [0.15, 0.2) is 12.1 Å². The van der Waals surface area contributed by atoms with Gasteiger partial charge in [-0.3, -0.25) is 4.90 Å². The minimum absolute atomic E-state index is 0.0380. The summed E-state index contributed by atoms with van der Waals surface area (Å²) in [5.41, 5.74) is 0.634. The summed E-state index contributed by atoms with van der Waals surface area (Å²) < 4.78 is 0. The molecule has 1 N–H and O–H groups in total. The van der Waals surface area contributed by atoms with Crippen LogP contribution in [0, 0.1) is 0 Å². The monoisotopic (exact) mass is 248 g/mol. The van der Waals surface area contributed by atoms with Gasteiger partial charge in [-0.1, -0.05) is 6.42 Å². The average Bonchev–Trinajstić information content (AvgIpc) is 2.47. The smallest absolute Gasteiger partial charge is 0.151 e. The Morgan fingerprint density at radius 2 is 2.11 bits per heavy atom. The molecule has 0 radical (unpaired) electrons. The summed E-state index contributed by atoms with van der Waals surface area (Å²) >= 11 is 0. The molecule has 5 heteroatoms. The summed E-state index contributed by atoms with van der Waals surface area (Å²) in [7, 11) is 0. The first-order valence-electron chi connectivity index (χ1n) is 6.79. The van der Waals surface area contributed by atoms with Crippen LogP contribution in [0.1, 0.15) is 25.0 Å². The third-order valence-corrected chi connectivity index (χ3v) is 4.03. The van der Waals surface area contributed by atoms with Crippen molar-refractivity contribution in [3.8, 4) is 0 Å². The fourth-order valence-corrected chi connectivity index (χ4v) is 2.97. The molecule has 3 heterocycles. The van der Waals surface area contributed by atoms with Crippen molar-refractivity contribution < 1.29 is 5.11 Å². The van der Waals surface area contributed by atoms with E-state index in [0.717, 1.165) is 25.5 Å². The Hall–Kier alpha value is -1.20. The predicted molar refractivity (Wildman–Crippen MR) is 69.4 cm³/mol. The molecule has 0 aromatic carbocycles. The molecular weight excluding hydrogens is 228 g/mol. The minimum Gasteiger partial charge on any atom is -0.390 e. The maximum absolute atomic E-state index is 8.97. The van der Waals surface area contributed by atoms with Gasteiger partial charge in [-0.15, -0.1) is 5.10 Å². The van der Waals surface area contributed by atoms with Crippen LogP contribution in [0.5, 0.6) is 0 Å². The maximum Gasteiger partial charge on any atom is 0.151 e. The van der Waals surface area contributed by atoms with Crippen molar-refractivity contribution in [2.24, 2.45) is 0 Å². The van der Waals surface area contributed by atoms with Gasteiger partial charge in [0, 0.05) is 25.7 Å². The quantitative estimate of drug-likeness (QED) is 0.832.